The van der Waals surface area contributed by atoms with E-state index in [0.29, 0.717) is 6.08 Å². The monoisotopic (exact) mass is 204 g/mol. The Balaban J connectivity index is 2.79. The molecule has 15 heavy (non-hydrogen) atoms. The predicted octanol–water partition coefficient (Wildman–Crippen LogP) is 1.08. The van der Waals surface area contributed by atoms with Crippen molar-refractivity contribution in [2.75, 3.05) is 0 Å². The summed E-state index contributed by atoms with van der Waals surface area (Å²) in [4.78, 5) is 32.6. The van der Waals surface area contributed by atoms with Gasteiger partial charge in [0, 0.05) is 11.6 Å². The van der Waals surface area contributed by atoms with Gasteiger partial charge < -0.3 is 5.11 Å². The summed E-state index contributed by atoms with van der Waals surface area (Å²) in [5.74, 6) is -2.82. The fraction of sp³-hybridized carbons (Fsp3) is 0. The van der Waals surface area contributed by atoms with Crippen LogP contribution in [0.1, 0.15) is 10.4 Å². The van der Waals surface area contributed by atoms with E-state index in [1.807, 2.05) is 0 Å². The van der Waals surface area contributed by atoms with Gasteiger partial charge in [0.2, 0.25) is 11.6 Å². The van der Waals surface area contributed by atoms with Crippen LogP contribution in [0.3, 0.4) is 0 Å². The molecule has 0 amide bonds. The minimum Gasteiger partial charge on any atom is -0.478 e. The topological polar surface area (TPSA) is 71.4 Å². The van der Waals surface area contributed by atoms with Gasteiger partial charge in [-0.1, -0.05) is 30.3 Å². The zero-order valence-corrected chi connectivity index (χ0v) is 7.71. The Hall–Kier alpha value is -2.23. The Morgan fingerprint density at radius 3 is 2.13 bits per heavy atom. The minimum absolute atomic E-state index is 0.248. The van der Waals surface area contributed by atoms with Crippen molar-refractivity contribution in [3.63, 3.8) is 0 Å². The van der Waals surface area contributed by atoms with Gasteiger partial charge in [0.1, 0.15) is 0 Å². The van der Waals surface area contributed by atoms with Crippen LogP contribution in [0, 0.1) is 0 Å². The summed E-state index contributed by atoms with van der Waals surface area (Å²) < 4.78 is 0. The second-order valence-corrected chi connectivity index (χ2v) is 2.73. The number of hydrogen-bond donors (Lipinski definition) is 1. The van der Waals surface area contributed by atoms with Gasteiger partial charge in [0.15, 0.2) is 0 Å². The van der Waals surface area contributed by atoms with Gasteiger partial charge in [-0.2, -0.15) is 0 Å². The van der Waals surface area contributed by atoms with Crippen LogP contribution >= 0.6 is 0 Å². The zero-order chi connectivity index (χ0) is 11.3. The lowest BCUT2D eigenvalue weighted by Crippen LogP contribution is -2.11. The highest BCUT2D eigenvalue weighted by molar-refractivity contribution is 6.47. The molecule has 1 aromatic rings. The van der Waals surface area contributed by atoms with E-state index in [0.717, 1.165) is 6.08 Å². The summed E-state index contributed by atoms with van der Waals surface area (Å²) in [5, 5.41) is 8.26. The molecular weight excluding hydrogens is 196 g/mol. The van der Waals surface area contributed by atoms with Crippen LogP contribution in [0.5, 0.6) is 0 Å². The number of allylic oxidation sites excluding steroid dienone is 1. The molecule has 0 atom stereocenters. The summed E-state index contributed by atoms with van der Waals surface area (Å²) in [5.41, 5.74) is 0.248. The first-order valence-corrected chi connectivity index (χ1v) is 4.16. The molecule has 1 N–H and O–H groups in total. The van der Waals surface area contributed by atoms with Gasteiger partial charge in [0.05, 0.1) is 0 Å². The molecule has 0 bridgehead atoms. The maximum absolute atomic E-state index is 11.4. The highest BCUT2D eigenvalue weighted by atomic mass is 16.4. The number of carboxylic acids is 1. The van der Waals surface area contributed by atoms with E-state index in [1.165, 1.54) is 12.1 Å². The Kier molecular flexibility index (Phi) is 3.51. The number of carbonyl (C=O) groups is 3. The molecule has 0 saturated carbocycles. The standard InChI is InChI=1S/C11H8O4/c12-9(6-7-10(13)14)11(15)8-4-2-1-3-5-8/h1-7H,(H,13,14). The van der Waals surface area contributed by atoms with Gasteiger partial charge in [-0.25, -0.2) is 4.79 Å². The second kappa shape index (κ2) is 4.85. The number of benzene rings is 1. The van der Waals surface area contributed by atoms with Gasteiger partial charge in [-0.15, -0.1) is 0 Å². The quantitative estimate of drug-likeness (QED) is 0.452. The first-order chi connectivity index (χ1) is 7.11. The maximum atomic E-state index is 11.4. The number of aliphatic carboxylic acids is 1. The van der Waals surface area contributed by atoms with E-state index in [9.17, 15) is 14.4 Å². The second-order valence-electron chi connectivity index (χ2n) is 2.73. The normalized spacial score (nSPS) is 10.1. The molecule has 0 aliphatic carbocycles. The number of rotatable bonds is 4. The van der Waals surface area contributed by atoms with Crippen LogP contribution in [0.2, 0.25) is 0 Å². The Morgan fingerprint density at radius 2 is 1.60 bits per heavy atom. The molecule has 1 aromatic carbocycles. The third-order valence-corrected chi connectivity index (χ3v) is 1.64. The van der Waals surface area contributed by atoms with Crippen LogP contribution in [0.15, 0.2) is 42.5 Å². The van der Waals surface area contributed by atoms with Crippen molar-refractivity contribution in [3.05, 3.63) is 48.0 Å². The molecule has 4 heteroatoms. The maximum Gasteiger partial charge on any atom is 0.328 e. The Bertz CT molecular complexity index is 417. The Morgan fingerprint density at radius 1 is 1.00 bits per heavy atom. The van der Waals surface area contributed by atoms with Crippen molar-refractivity contribution in [1.29, 1.82) is 0 Å². The molecule has 0 saturated heterocycles. The first-order valence-electron chi connectivity index (χ1n) is 4.16. The number of carboxylic acid groups (broad SMARTS) is 1. The third-order valence-electron chi connectivity index (χ3n) is 1.64. The van der Waals surface area contributed by atoms with Gasteiger partial charge in [-0.3, -0.25) is 9.59 Å². The smallest absolute Gasteiger partial charge is 0.328 e. The molecule has 0 aromatic heterocycles. The van der Waals surface area contributed by atoms with E-state index in [-0.39, 0.29) is 5.56 Å². The van der Waals surface area contributed by atoms with Crippen LogP contribution in [-0.2, 0) is 9.59 Å². The fourth-order valence-electron chi connectivity index (χ4n) is 0.954. The SMILES string of the molecule is O=C(O)C=CC(=O)C(=O)c1ccccc1. The minimum atomic E-state index is -1.26. The van der Waals surface area contributed by atoms with Crippen molar-refractivity contribution in [3.8, 4) is 0 Å². The van der Waals surface area contributed by atoms with E-state index in [4.69, 9.17) is 5.11 Å². The third kappa shape index (κ3) is 3.19. The van der Waals surface area contributed by atoms with Crippen molar-refractivity contribution < 1.29 is 19.5 Å². The molecular formula is C11H8O4. The lowest BCUT2D eigenvalue weighted by atomic mass is 10.1. The summed E-state index contributed by atoms with van der Waals surface area (Å²) in [6, 6.07) is 7.96. The van der Waals surface area contributed by atoms with E-state index < -0.39 is 17.5 Å². The van der Waals surface area contributed by atoms with Crippen LogP contribution in [0.4, 0.5) is 0 Å². The summed E-state index contributed by atoms with van der Waals surface area (Å²) in [7, 11) is 0. The van der Waals surface area contributed by atoms with Crippen LogP contribution < -0.4 is 0 Å². The fourth-order valence-corrected chi connectivity index (χ4v) is 0.954. The van der Waals surface area contributed by atoms with Crippen molar-refractivity contribution in [2.45, 2.75) is 0 Å². The average molecular weight is 204 g/mol. The molecule has 0 aliphatic heterocycles. The van der Waals surface area contributed by atoms with Crippen LogP contribution in [0.25, 0.3) is 0 Å². The molecule has 0 fully saturated rings. The van der Waals surface area contributed by atoms with Crippen molar-refractivity contribution >= 4 is 17.5 Å². The molecule has 1 rings (SSSR count). The highest BCUT2D eigenvalue weighted by Crippen LogP contribution is 2.01. The molecule has 0 radical (unpaired) electrons. The molecule has 76 valence electrons. The number of carbonyl (C=O) groups excluding carboxylic acids is 2. The molecule has 0 heterocycles. The predicted molar refractivity (Wildman–Crippen MR) is 52.6 cm³/mol. The number of Topliss-reactive ketones (excluding diaryl/α,β-unsaturated/α-hetero) is 1. The summed E-state index contributed by atoms with van der Waals surface area (Å²) >= 11 is 0. The summed E-state index contributed by atoms with van der Waals surface area (Å²) in [6.45, 7) is 0. The van der Waals surface area contributed by atoms with E-state index in [2.05, 4.69) is 0 Å². The van der Waals surface area contributed by atoms with Crippen LogP contribution in [-0.4, -0.2) is 22.6 Å². The highest BCUT2D eigenvalue weighted by Gasteiger charge is 2.12. The van der Waals surface area contributed by atoms with Gasteiger partial charge in [-0.05, 0) is 6.08 Å². The molecule has 0 spiro atoms. The zero-order valence-electron chi connectivity index (χ0n) is 7.71. The van der Waals surface area contributed by atoms with Crippen molar-refractivity contribution in [2.24, 2.45) is 0 Å². The van der Waals surface area contributed by atoms with Crippen molar-refractivity contribution in [1.82, 2.24) is 0 Å². The number of hydrogen-bond acceptors (Lipinski definition) is 3. The molecule has 0 unspecified atom stereocenters. The lowest BCUT2D eigenvalue weighted by molar-refractivity contribution is -0.131. The van der Waals surface area contributed by atoms with Gasteiger partial charge in [0.25, 0.3) is 0 Å². The Labute approximate surface area is 85.8 Å². The van der Waals surface area contributed by atoms with Gasteiger partial charge >= 0.3 is 5.97 Å². The summed E-state index contributed by atoms with van der Waals surface area (Å²) in [6.07, 6.45) is 1.39. The molecule has 0 aliphatic rings. The number of ketones is 2. The van der Waals surface area contributed by atoms with E-state index in [1.54, 1.807) is 18.2 Å². The molecule has 4 nitrogen and oxygen atoms in total. The first kappa shape index (κ1) is 10.8. The lowest BCUT2D eigenvalue weighted by Gasteiger charge is -1.94. The van der Waals surface area contributed by atoms with E-state index >= 15 is 0 Å². The largest absolute Gasteiger partial charge is 0.478 e. The average Bonchev–Trinajstić information content (AvgIpc) is 2.26.